The maximum atomic E-state index is 6.78. The smallest absolute Gasteiger partial charge is 0.307 e. The number of fused-ring (bicyclic) bond motifs is 7. The minimum Gasteiger partial charge on any atom is -0.408 e. The van der Waals surface area contributed by atoms with E-state index in [9.17, 15) is 0 Å². The van der Waals surface area contributed by atoms with Crippen molar-refractivity contribution < 1.29 is 31.0 Å². The number of ether oxygens (including phenoxy) is 3. The molecular formula is C40H46N2O7P2. The van der Waals surface area contributed by atoms with Gasteiger partial charge in [-0.3, -0.25) is 0 Å². The highest BCUT2D eigenvalue weighted by Crippen LogP contribution is 2.44. The molecule has 268 valence electrons. The lowest BCUT2D eigenvalue weighted by atomic mass is 10.0. The van der Waals surface area contributed by atoms with Crippen LogP contribution in [0, 0.1) is 55.4 Å². The van der Waals surface area contributed by atoms with Gasteiger partial charge in [-0.15, -0.1) is 0 Å². The summed E-state index contributed by atoms with van der Waals surface area (Å²) in [4.78, 5) is 0. The molecule has 0 amide bonds. The van der Waals surface area contributed by atoms with Crippen molar-refractivity contribution in [3.63, 3.8) is 0 Å². The first-order chi connectivity index (χ1) is 24.2. The second kappa shape index (κ2) is 12.9. The Morgan fingerprint density at radius 3 is 1.35 bits per heavy atom. The van der Waals surface area contributed by atoms with E-state index in [1.807, 2.05) is 13.8 Å². The summed E-state index contributed by atoms with van der Waals surface area (Å²) in [5, 5.41) is 11.5. The quantitative estimate of drug-likeness (QED) is 0.179. The number of rotatable bonds is 5. The van der Waals surface area contributed by atoms with Crippen molar-refractivity contribution in [2.45, 2.75) is 99.6 Å². The summed E-state index contributed by atoms with van der Waals surface area (Å²) in [5.41, 5.74) is 12.2. The minimum atomic E-state index is -1.68. The molecule has 2 aliphatic rings. The highest BCUT2D eigenvalue weighted by molar-refractivity contribution is 7.39. The highest BCUT2D eigenvalue weighted by atomic mass is 31.1. The average Bonchev–Trinajstić information content (AvgIpc) is 3.36. The van der Waals surface area contributed by atoms with Gasteiger partial charge in [-0.1, -0.05) is 24.3 Å². The number of benzene rings is 4. The van der Waals surface area contributed by atoms with Gasteiger partial charge in [0.1, 0.15) is 28.4 Å². The van der Waals surface area contributed by atoms with E-state index in [4.69, 9.17) is 31.0 Å². The number of aryl methyl sites for hydroxylation is 8. The first-order valence-corrected chi connectivity index (χ1v) is 19.9. The molecule has 0 spiro atoms. The van der Waals surface area contributed by atoms with Crippen molar-refractivity contribution >= 4 is 60.2 Å². The molecule has 4 heterocycles. The van der Waals surface area contributed by atoms with Crippen molar-refractivity contribution in [2.24, 2.45) is 0 Å². The van der Waals surface area contributed by atoms with Crippen molar-refractivity contribution in [2.75, 3.05) is 16.7 Å². The van der Waals surface area contributed by atoms with Crippen molar-refractivity contribution in [3.8, 4) is 0 Å². The second-order valence-corrected chi connectivity index (χ2v) is 17.2. The largest absolute Gasteiger partial charge is 0.408 e. The zero-order valence-corrected chi connectivity index (χ0v) is 32.7. The fourth-order valence-electron chi connectivity index (χ4n) is 7.78. The van der Waals surface area contributed by atoms with Crippen LogP contribution in [0.2, 0.25) is 0 Å². The molecule has 6 aromatic rings. The topological polar surface area (TPSA) is 104 Å². The van der Waals surface area contributed by atoms with Crippen molar-refractivity contribution in [1.29, 1.82) is 0 Å². The Labute approximate surface area is 299 Å². The third-order valence-corrected chi connectivity index (χ3v) is 12.1. The van der Waals surface area contributed by atoms with Crippen LogP contribution in [0.15, 0.2) is 65.3 Å². The van der Waals surface area contributed by atoms with E-state index in [2.05, 4.69) is 114 Å². The van der Waals surface area contributed by atoms with Gasteiger partial charge in [0.25, 0.3) is 0 Å². The predicted molar refractivity (Wildman–Crippen MR) is 207 cm³/mol. The Bertz CT molecular complexity index is 2310. The second-order valence-electron chi connectivity index (χ2n) is 14.9. The van der Waals surface area contributed by atoms with E-state index in [-0.39, 0.29) is 12.1 Å². The predicted octanol–water partition coefficient (Wildman–Crippen LogP) is 11.4. The molecule has 51 heavy (non-hydrogen) atoms. The average molecular weight is 729 g/mol. The normalized spacial score (nSPS) is 21.3. The maximum Gasteiger partial charge on any atom is 0.307 e. The molecule has 4 atom stereocenters. The highest BCUT2D eigenvalue weighted by Gasteiger charge is 2.55. The Hall–Kier alpha value is -3.52. The van der Waals surface area contributed by atoms with Crippen molar-refractivity contribution in [3.05, 3.63) is 93.0 Å². The van der Waals surface area contributed by atoms with Crippen molar-refractivity contribution in [1.82, 2.24) is 0 Å². The SMILES string of the molecule is Cc1cc(C)c2op(NC[C@H]3O[C@@H]4OC(C)(C)O[C@@H]4[C@@H]3Np3oc4c(C)cc(C)cc4c4cc(C)cc(C)c4o3)oc3c(C)cc(C)cc3c2c1. The van der Waals surface area contributed by atoms with Gasteiger partial charge in [0.15, 0.2) is 12.1 Å². The zero-order valence-electron chi connectivity index (χ0n) is 30.9. The zero-order chi connectivity index (χ0) is 35.9. The van der Waals surface area contributed by atoms with E-state index in [1.54, 1.807) is 0 Å². The Kier molecular flexibility index (Phi) is 8.71. The molecule has 0 unspecified atom stereocenters. The molecule has 0 aliphatic carbocycles. The Balaban J connectivity index is 1.21. The minimum absolute atomic E-state index is 0.341. The molecule has 2 aromatic heterocycles. The molecule has 8 rings (SSSR count). The molecule has 2 fully saturated rings. The van der Waals surface area contributed by atoms with E-state index >= 15 is 0 Å². The number of nitrogens with one attached hydrogen (secondary N) is 2. The van der Waals surface area contributed by atoms with Gasteiger partial charge in [-0.2, -0.15) is 0 Å². The molecule has 4 aromatic carbocycles. The molecule has 2 aliphatic heterocycles. The number of hydrogen-bond acceptors (Lipinski definition) is 9. The van der Waals surface area contributed by atoms with Gasteiger partial charge < -0.3 is 31.0 Å². The summed E-state index contributed by atoms with van der Waals surface area (Å²) in [7, 11) is -3.28. The van der Waals surface area contributed by atoms with Gasteiger partial charge in [-0.05, 0) is 138 Å². The van der Waals surface area contributed by atoms with Crippen LogP contribution in [0.1, 0.15) is 58.4 Å². The van der Waals surface area contributed by atoms with Crippen LogP contribution in [0.5, 0.6) is 0 Å². The third kappa shape index (κ3) is 6.44. The number of hydrogen-bond donors (Lipinski definition) is 2. The lowest BCUT2D eigenvalue weighted by Gasteiger charge is -2.25. The van der Waals surface area contributed by atoms with Gasteiger partial charge in [0.05, 0.1) is 12.1 Å². The third-order valence-electron chi connectivity index (χ3n) is 9.78. The van der Waals surface area contributed by atoms with Crippen LogP contribution in [-0.4, -0.2) is 36.9 Å². The van der Waals surface area contributed by atoms with Crippen LogP contribution >= 0.6 is 16.3 Å². The van der Waals surface area contributed by atoms with E-state index < -0.39 is 34.5 Å². The standard InChI is InChI=1S/C40H46N2O7P2/c1-20-11-24(5)34-28(15-20)29-16-21(2)12-25(6)35(29)47-50(46-34)41-19-32-33(38-39(43-32)45-40(9,10)44-38)42-51-48-36-26(7)13-22(3)17-30(36)31-18-23(4)14-27(8)37(31)49-51/h11-18,32-33,38-39,41-42H,19H2,1-10H3/t32-,33-,38-,39-/m1/s1. The Morgan fingerprint density at radius 1 is 0.549 bits per heavy atom. The van der Waals surface area contributed by atoms with Crippen LogP contribution in [0.25, 0.3) is 43.9 Å². The van der Waals surface area contributed by atoms with E-state index in [1.165, 1.54) is 22.3 Å². The summed E-state index contributed by atoms with van der Waals surface area (Å²) in [6.45, 7) is 21.0. The Morgan fingerprint density at radius 2 is 0.941 bits per heavy atom. The van der Waals surface area contributed by atoms with E-state index in [0.29, 0.717) is 6.54 Å². The van der Waals surface area contributed by atoms with Crippen LogP contribution in [0.3, 0.4) is 0 Å². The first kappa shape index (κ1) is 34.6. The molecule has 2 N–H and O–H groups in total. The van der Waals surface area contributed by atoms with Gasteiger partial charge in [-0.25, -0.2) is 10.2 Å². The lowest BCUT2D eigenvalue weighted by molar-refractivity contribution is -0.204. The molecule has 11 heteroatoms. The van der Waals surface area contributed by atoms with Gasteiger partial charge in [0.2, 0.25) is 0 Å². The molecule has 0 radical (unpaired) electrons. The summed E-state index contributed by atoms with van der Waals surface area (Å²) >= 11 is 0. The summed E-state index contributed by atoms with van der Waals surface area (Å²) in [5.74, 6) is -0.802. The fourth-order valence-corrected chi connectivity index (χ4v) is 10.6. The van der Waals surface area contributed by atoms with Crippen LogP contribution < -0.4 is 10.2 Å². The molecule has 2 saturated heterocycles. The van der Waals surface area contributed by atoms with Gasteiger partial charge in [0, 0.05) is 28.1 Å². The maximum absolute atomic E-state index is 6.78. The molecule has 0 saturated carbocycles. The van der Waals surface area contributed by atoms with Gasteiger partial charge >= 0.3 is 16.3 Å². The first-order valence-electron chi connectivity index (χ1n) is 17.5. The lowest BCUT2D eigenvalue weighted by Crippen LogP contribution is -2.42. The molecular weight excluding hydrogens is 682 g/mol. The van der Waals surface area contributed by atoms with E-state index in [0.717, 1.165) is 66.1 Å². The van der Waals surface area contributed by atoms with Crippen LogP contribution in [0.4, 0.5) is 0 Å². The molecule has 9 nitrogen and oxygen atoms in total. The van der Waals surface area contributed by atoms with Crippen LogP contribution in [-0.2, 0) is 14.2 Å². The fraction of sp³-hybridized carbons (Fsp3) is 0.400. The summed E-state index contributed by atoms with van der Waals surface area (Å²) in [6, 6.07) is 17.0. The molecule has 0 bridgehead atoms. The summed E-state index contributed by atoms with van der Waals surface area (Å²) < 4.78 is 46.2. The summed E-state index contributed by atoms with van der Waals surface area (Å²) in [6.07, 6.45) is -1.36. The monoisotopic (exact) mass is 728 g/mol.